The van der Waals surface area contributed by atoms with Crippen LogP contribution in [0.15, 0.2) is 30.3 Å². The minimum atomic E-state index is -1.02. The first-order valence-electron chi connectivity index (χ1n) is 6.14. The molecule has 0 fully saturated rings. The Balaban J connectivity index is 2.10. The molecule has 0 saturated carbocycles. The number of nitrogens with zero attached hydrogens (tertiary/aromatic N) is 2. The molecule has 1 aromatic heterocycles. The maximum atomic E-state index is 12.8. The van der Waals surface area contributed by atoms with E-state index in [0.29, 0.717) is 13.0 Å². The van der Waals surface area contributed by atoms with Crippen molar-refractivity contribution < 1.29 is 14.3 Å². The predicted octanol–water partition coefficient (Wildman–Crippen LogP) is 2.53. The van der Waals surface area contributed by atoms with E-state index in [9.17, 15) is 9.18 Å². The summed E-state index contributed by atoms with van der Waals surface area (Å²) >= 11 is 0. The number of hydrogen-bond acceptors (Lipinski definition) is 2. The highest BCUT2D eigenvalue weighted by Crippen LogP contribution is 2.09. The molecule has 0 aliphatic carbocycles. The van der Waals surface area contributed by atoms with Crippen molar-refractivity contribution in [2.75, 3.05) is 0 Å². The number of rotatable bonds is 5. The third-order valence-electron chi connectivity index (χ3n) is 2.97. The summed E-state index contributed by atoms with van der Waals surface area (Å²) in [7, 11) is 0. The Morgan fingerprint density at radius 2 is 2.05 bits per heavy atom. The van der Waals surface area contributed by atoms with Crippen LogP contribution in [0, 0.1) is 5.82 Å². The number of carbonyl (C=O) groups is 1. The Hall–Kier alpha value is -2.17. The van der Waals surface area contributed by atoms with Crippen molar-refractivity contribution in [1.29, 1.82) is 0 Å². The minimum Gasteiger partial charge on any atom is -0.476 e. The summed E-state index contributed by atoms with van der Waals surface area (Å²) in [6.45, 7) is 2.54. The van der Waals surface area contributed by atoms with Gasteiger partial charge in [0, 0.05) is 12.2 Å². The zero-order chi connectivity index (χ0) is 13.8. The second-order valence-corrected chi connectivity index (χ2v) is 4.28. The van der Waals surface area contributed by atoms with Crippen molar-refractivity contribution >= 4 is 5.97 Å². The lowest BCUT2D eigenvalue weighted by atomic mass is 10.1. The SMILES string of the molecule is CCc1cc(C(=O)O)nn1CCc1ccc(F)cc1. The molecule has 0 atom stereocenters. The molecule has 0 radical (unpaired) electrons. The number of benzene rings is 1. The van der Waals surface area contributed by atoms with Gasteiger partial charge in [-0.15, -0.1) is 0 Å². The molecule has 1 heterocycles. The lowest BCUT2D eigenvalue weighted by Crippen LogP contribution is -2.08. The molecule has 1 aromatic carbocycles. The van der Waals surface area contributed by atoms with Crippen LogP contribution in [0.4, 0.5) is 4.39 Å². The normalized spacial score (nSPS) is 10.6. The van der Waals surface area contributed by atoms with Crippen molar-refractivity contribution in [3.63, 3.8) is 0 Å². The van der Waals surface area contributed by atoms with Gasteiger partial charge in [0.05, 0.1) is 0 Å². The Kier molecular flexibility index (Phi) is 3.94. The fourth-order valence-electron chi connectivity index (χ4n) is 1.92. The molecule has 0 unspecified atom stereocenters. The van der Waals surface area contributed by atoms with Gasteiger partial charge in [0.1, 0.15) is 5.82 Å². The lowest BCUT2D eigenvalue weighted by Gasteiger charge is -2.05. The molecule has 0 bridgehead atoms. The van der Waals surface area contributed by atoms with E-state index >= 15 is 0 Å². The fraction of sp³-hybridized carbons (Fsp3) is 0.286. The van der Waals surface area contributed by atoms with E-state index in [0.717, 1.165) is 17.7 Å². The molecular formula is C14H15FN2O2. The first kappa shape index (κ1) is 13.3. The summed E-state index contributed by atoms with van der Waals surface area (Å²) < 4.78 is 14.5. The van der Waals surface area contributed by atoms with Gasteiger partial charge in [-0.3, -0.25) is 4.68 Å². The van der Waals surface area contributed by atoms with Gasteiger partial charge in [0.2, 0.25) is 0 Å². The van der Waals surface area contributed by atoms with Crippen LogP contribution in [0.1, 0.15) is 28.7 Å². The average molecular weight is 262 g/mol. The molecule has 0 aliphatic heterocycles. The molecule has 1 N–H and O–H groups in total. The van der Waals surface area contributed by atoms with Crippen LogP contribution in [-0.2, 0) is 19.4 Å². The topological polar surface area (TPSA) is 55.1 Å². The Morgan fingerprint density at radius 3 is 2.63 bits per heavy atom. The molecule has 0 spiro atoms. The highest BCUT2D eigenvalue weighted by atomic mass is 19.1. The van der Waals surface area contributed by atoms with E-state index in [1.165, 1.54) is 12.1 Å². The molecule has 0 aliphatic rings. The van der Waals surface area contributed by atoms with E-state index in [2.05, 4.69) is 5.10 Å². The maximum absolute atomic E-state index is 12.8. The molecule has 2 aromatic rings. The summed E-state index contributed by atoms with van der Waals surface area (Å²) in [5.41, 5.74) is 1.95. The number of carboxylic acids is 1. The zero-order valence-corrected chi connectivity index (χ0v) is 10.6. The number of halogens is 1. The van der Waals surface area contributed by atoms with Gasteiger partial charge in [-0.1, -0.05) is 19.1 Å². The monoisotopic (exact) mass is 262 g/mol. The molecule has 100 valence electrons. The molecule has 0 amide bonds. The van der Waals surface area contributed by atoms with Gasteiger partial charge < -0.3 is 5.11 Å². The summed E-state index contributed by atoms with van der Waals surface area (Å²) in [6, 6.07) is 7.88. The predicted molar refractivity (Wildman–Crippen MR) is 68.7 cm³/mol. The van der Waals surface area contributed by atoms with Crippen LogP contribution < -0.4 is 0 Å². The van der Waals surface area contributed by atoms with Crippen molar-refractivity contribution in [3.8, 4) is 0 Å². The Labute approximate surface area is 110 Å². The highest BCUT2D eigenvalue weighted by molar-refractivity contribution is 5.85. The summed E-state index contributed by atoms with van der Waals surface area (Å²) in [5, 5.41) is 13.0. The first-order valence-corrected chi connectivity index (χ1v) is 6.14. The van der Waals surface area contributed by atoms with Crippen molar-refractivity contribution in [1.82, 2.24) is 9.78 Å². The standard InChI is InChI=1S/C14H15FN2O2/c1-2-12-9-13(14(18)19)16-17(12)8-7-10-3-5-11(15)6-4-10/h3-6,9H,2,7-8H2,1H3,(H,18,19). The van der Waals surface area contributed by atoms with E-state index < -0.39 is 5.97 Å². The van der Waals surface area contributed by atoms with E-state index in [1.807, 2.05) is 6.92 Å². The second-order valence-electron chi connectivity index (χ2n) is 4.28. The van der Waals surface area contributed by atoms with E-state index in [4.69, 9.17) is 5.11 Å². The van der Waals surface area contributed by atoms with Crippen molar-refractivity contribution in [2.45, 2.75) is 26.3 Å². The molecule has 5 heteroatoms. The summed E-state index contributed by atoms with van der Waals surface area (Å²) in [6.07, 6.45) is 1.41. The van der Waals surface area contributed by atoms with Crippen LogP contribution in [0.2, 0.25) is 0 Å². The molecule has 0 saturated heterocycles. The Morgan fingerprint density at radius 1 is 1.37 bits per heavy atom. The van der Waals surface area contributed by atoms with Crippen LogP contribution in [0.5, 0.6) is 0 Å². The second kappa shape index (κ2) is 5.65. The van der Waals surface area contributed by atoms with Crippen LogP contribution in [0.3, 0.4) is 0 Å². The van der Waals surface area contributed by atoms with Gasteiger partial charge in [0.15, 0.2) is 5.69 Å². The van der Waals surface area contributed by atoms with Gasteiger partial charge >= 0.3 is 5.97 Å². The summed E-state index contributed by atoms with van der Waals surface area (Å²) in [5.74, 6) is -1.28. The van der Waals surface area contributed by atoms with Crippen molar-refractivity contribution in [2.24, 2.45) is 0 Å². The number of carboxylic acid groups (broad SMARTS) is 1. The molecule has 19 heavy (non-hydrogen) atoms. The van der Waals surface area contributed by atoms with E-state index in [-0.39, 0.29) is 11.5 Å². The number of aromatic nitrogens is 2. The van der Waals surface area contributed by atoms with Gasteiger partial charge in [-0.25, -0.2) is 9.18 Å². The van der Waals surface area contributed by atoms with Crippen LogP contribution >= 0.6 is 0 Å². The lowest BCUT2D eigenvalue weighted by molar-refractivity contribution is 0.0689. The zero-order valence-electron chi connectivity index (χ0n) is 10.6. The minimum absolute atomic E-state index is 0.0657. The van der Waals surface area contributed by atoms with E-state index in [1.54, 1.807) is 22.9 Å². The largest absolute Gasteiger partial charge is 0.476 e. The molecule has 2 rings (SSSR count). The fourth-order valence-corrected chi connectivity index (χ4v) is 1.92. The average Bonchev–Trinajstić information content (AvgIpc) is 2.81. The van der Waals surface area contributed by atoms with Crippen LogP contribution in [0.25, 0.3) is 0 Å². The van der Waals surface area contributed by atoms with Crippen LogP contribution in [-0.4, -0.2) is 20.9 Å². The highest BCUT2D eigenvalue weighted by Gasteiger charge is 2.11. The number of hydrogen-bond donors (Lipinski definition) is 1. The third-order valence-corrected chi connectivity index (χ3v) is 2.97. The first-order chi connectivity index (χ1) is 9.10. The smallest absolute Gasteiger partial charge is 0.356 e. The van der Waals surface area contributed by atoms with Crippen molar-refractivity contribution in [3.05, 3.63) is 53.1 Å². The van der Waals surface area contributed by atoms with Gasteiger partial charge in [-0.2, -0.15) is 5.10 Å². The molecule has 4 nitrogen and oxygen atoms in total. The van der Waals surface area contributed by atoms with Gasteiger partial charge in [-0.05, 0) is 36.6 Å². The number of aryl methyl sites for hydroxylation is 3. The number of aromatic carboxylic acids is 1. The maximum Gasteiger partial charge on any atom is 0.356 e. The van der Waals surface area contributed by atoms with Gasteiger partial charge in [0.25, 0.3) is 0 Å². The Bertz CT molecular complexity index is 576. The molecular weight excluding hydrogens is 247 g/mol. The quantitative estimate of drug-likeness (QED) is 0.900. The third kappa shape index (κ3) is 3.19. The summed E-state index contributed by atoms with van der Waals surface area (Å²) in [4.78, 5) is 10.9.